The van der Waals surface area contributed by atoms with E-state index in [1.807, 2.05) is 6.07 Å². The Balaban J connectivity index is 2.98. The number of anilines is 1. The average Bonchev–Trinajstić information content (AvgIpc) is 2.18. The van der Waals surface area contributed by atoms with Crippen molar-refractivity contribution in [2.45, 2.75) is 26.2 Å². The van der Waals surface area contributed by atoms with Crippen molar-refractivity contribution in [1.29, 1.82) is 0 Å². The van der Waals surface area contributed by atoms with Crippen molar-refractivity contribution in [2.24, 2.45) is 0 Å². The summed E-state index contributed by atoms with van der Waals surface area (Å²) >= 11 is 0. The predicted octanol–water partition coefficient (Wildman–Crippen LogP) is 2.41. The van der Waals surface area contributed by atoms with Gasteiger partial charge in [0.05, 0.1) is 0 Å². The minimum Gasteiger partial charge on any atom is -0.398 e. The number of fused-ring (bicyclic) bond motifs is 1. The number of nitrogen functional groups attached to an aromatic ring is 1. The van der Waals surface area contributed by atoms with E-state index in [1.54, 1.807) is 18.3 Å². The van der Waals surface area contributed by atoms with E-state index in [-0.39, 0.29) is 11.0 Å². The molecule has 16 heavy (non-hydrogen) atoms. The van der Waals surface area contributed by atoms with Crippen molar-refractivity contribution < 1.29 is 0 Å². The van der Waals surface area contributed by atoms with Gasteiger partial charge in [-0.05, 0) is 23.1 Å². The van der Waals surface area contributed by atoms with Gasteiger partial charge in [0.15, 0.2) is 0 Å². The highest BCUT2D eigenvalue weighted by atomic mass is 16.1. The van der Waals surface area contributed by atoms with E-state index in [9.17, 15) is 4.79 Å². The summed E-state index contributed by atoms with van der Waals surface area (Å²) in [5.41, 5.74) is 7.57. The molecule has 0 saturated heterocycles. The van der Waals surface area contributed by atoms with E-state index < -0.39 is 0 Å². The number of benzene rings is 1. The summed E-state index contributed by atoms with van der Waals surface area (Å²) in [7, 11) is 0. The molecule has 0 saturated carbocycles. The molecule has 3 N–H and O–H groups in total. The van der Waals surface area contributed by atoms with Crippen LogP contribution in [0.4, 0.5) is 5.69 Å². The Morgan fingerprint density at radius 1 is 1.25 bits per heavy atom. The van der Waals surface area contributed by atoms with Crippen molar-refractivity contribution in [1.82, 2.24) is 4.98 Å². The SMILES string of the molecule is CC(C)(C)c1c[nH]c(=O)c2cccc(N)c12. The lowest BCUT2D eigenvalue weighted by molar-refractivity contribution is 0.593. The van der Waals surface area contributed by atoms with E-state index in [2.05, 4.69) is 25.8 Å². The van der Waals surface area contributed by atoms with Gasteiger partial charge < -0.3 is 10.7 Å². The van der Waals surface area contributed by atoms with E-state index in [4.69, 9.17) is 5.73 Å². The highest BCUT2D eigenvalue weighted by Crippen LogP contribution is 2.30. The van der Waals surface area contributed by atoms with Gasteiger partial charge in [-0.3, -0.25) is 4.79 Å². The van der Waals surface area contributed by atoms with Crippen LogP contribution in [0.2, 0.25) is 0 Å². The van der Waals surface area contributed by atoms with Crippen molar-refractivity contribution in [3.8, 4) is 0 Å². The Hall–Kier alpha value is -1.77. The summed E-state index contributed by atoms with van der Waals surface area (Å²) in [4.78, 5) is 14.5. The number of H-pyrrole nitrogens is 1. The maximum absolute atomic E-state index is 11.7. The van der Waals surface area contributed by atoms with Crippen LogP contribution >= 0.6 is 0 Å². The topological polar surface area (TPSA) is 58.9 Å². The minimum absolute atomic E-state index is 0.0437. The lowest BCUT2D eigenvalue weighted by Crippen LogP contribution is -2.17. The highest BCUT2D eigenvalue weighted by Gasteiger charge is 2.19. The van der Waals surface area contributed by atoms with Crippen LogP contribution in [0.1, 0.15) is 26.3 Å². The molecule has 84 valence electrons. The van der Waals surface area contributed by atoms with Gasteiger partial charge in [0.1, 0.15) is 0 Å². The Bertz CT molecular complexity index is 591. The van der Waals surface area contributed by atoms with Crippen molar-refractivity contribution >= 4 is 16.5 Å². The van der Waals surface area contributed by atoms with Gasteiger partial charge in [0.25, 0.3) is 5.56 Å². The summed E-state index contributed by atoms with van der Waals surface area (Å²) in [5.74, 6) is 0. The van der Waals surface area contributed by atoms with Crippen LogP contribution in [0.25, 0.3) is 10.8 Å². The first-order chi connectivity index (χ1) is 7.41. The zero-order valence-electron chi connectivity index (χ0n) is 9.79. The zero-order valence-corrected chi connectivity index (χ0v) is 9.79. The number of rotatable bonds is 0. The Labute approximate surface area is 94.3 Å². The molecule has 0 aliphatic carbocycles. The quantitative estimate of drug-likeness (QED) is 0.664. The first kappa shape index (κ1) is 10.7. The predicted molar refractivity (Wildman–Crippen MR) is 67.7 cm³/mol. The van der Waals surface area contributed by atoms with Crippen LogP contribution in [0.15, 0.2) is 29.2 Å². The molecular weight excluding hydrogens is 200 g/mol. The van der Waals surface area contributed by atoms with Crippen molar-refractivity contribution in [3.05, 3.63) is 40.3 Å². The van der Waals surface area contributed by atoms with Gasteiger partial charge in [-0.25, -0.2) is 0 Å². The molecule has 0 aliphatic heterocycles. The molecule has 3 nitrogen and oxygen atoms in total. The smallest absolute Gasteiger partial charge is 0.255 e. The molecule has 0 spiro atoms. The second kappa shape index (κ2) is 3.37. The maximum Gasteiger partial charge on any atom is 0.255 e. The summed E-state index contributed by atoms with van der Waals surface area (Å²) in [6, 6.07) is 5.44. The molecule has 3 heteroatoms. The fraction of sp³-hybridized carbons (Fsp3) is 0.308. The number of pyridine rings is 1. The number of hydrogen-bond donors (Lipinski definition) is 2. The van der Waals surface area contributed by atoms with Gasteiger partial charge in [0.2, 0.25) is 0 Å². The first-order valence-electron chi connectivity index (χ1n) is 5.31. The highest BCUT2D eigenvalue weighted by molar-refractivity contribution is 5.95. The van der Waals surface area contributed by atoms with Gasteiger partial charge in [-0.1, -0.05) is 26.8 Å². The lowest BCUT2D eigenvalue weighted by atomic mass is 9.84. The number of aromatic nitrogens is 1. The van der Waals surface area contributed by atoms with Crippen molar-refractivity contribution in [3.63, 3.8) is 0 Å². The standard InChI is InChI=1S/C13H16N2O/c1-13(2,3)9-7-15-12(16)8-5-4-6-10(14)11(8)9/h4-7H,14H2,1-3H3,(H,15,16). The van der Waals surface area contributed by atoms with E-state index in [0.717, 1.165) is 10.9 Å². The molecule has 2 aromatic rings. The van der Waals surface area contributed by atoms with E-state index in [0.29, 0.717) is 11.1 Å². The molecule has 0 amide bonds. The zero-order chi connectivity index (χ0) is 11.9. The molecule has 1 aromatic carbocycles. The summed E-state index contributed by atoms with van der Waals surface area (Å²) in [5, 5.41) is 1.53. The van der Waals surface area contributed by atoms with Crippen LogP contribution in [0.3, 0.4) is 0 Å². The summed E-state index contributed by atoms with van der Waals surface area (Å²) < 4.78 is 0. The number of nitrogens with two attached hydrogens (primary N) is 1. The van der Waals surface area contributed by atoms with Crippen LogP contribution < -0.4 is 11.3 Å². The lowest BCUT2D eigenvalue weighted by Gasteiger charge is -2.21. The summed E-state index contributed by atoms with van der Waals surface area (Å²) in [6.07, 6.45) is 1.76. The third-order valence-electron chi connectivity index (χ3n) is 2.77. The normalized spacial score (nSPS) is 11.9. The average molecular weight is 216 g/mol. The Morgan fingerprint density at radius 2 is 1.94 bits per heavy atom. The third kappa shape index (κ3) is 1.58. The molecule has 2 rings (SSSR count). The monoisotopic (exact) mass is 216 g/mol. The molecule has 0 radical (unpaired) electrons. The molecule has 0 bridgehead atoms. The third-order valence-corrected chi connectivity index (χ3v) is 2.77. The Kier molecular flexibility index (Phi) is 2.26. The summed E-state index contributed by atoms with van der Waals surface area (Å²) in [6.45, 7) is 6.31. The molecule has 0 atom stereocenters. The van der Waals surface area contributed by atoms with Crippen LogP contribution in [0.5, 0.6) is 0 Å². The molecular formula is C13H16N2O. The van der Waals surface area contributed by atoms with Crippen LogP contribution in [0, 0.1) is 0 Å². The number of hydrogen-bond acceptors (Lipinski definition) is 2. The van der Waals surface area contributed by atoms with Crippen molar-refractivity contribution in [2.75, 3.05) is 5.73 Å². The number of aromatic amines is 1. The van der Waals surface area contributed by atoms with Gasteiger partial charge in [0, 0.05) is 22.7 Å². The van der Waals surface area contributed by atoms with Crippen LogP contribution in [-0.4, -0.2) is 4.98 Å². The maximum atomic E-state index is 11.7. The minimum atomic E-state index is -0.0877. The van der Waals surface area contributed by atoms with Gasteiger partial charge >= 0.3 is 0 Å². The number of nitrogens with one attached hydrogen (secondary N) is 1. The Morgan fingerprint density at radius 3 is 2.56 bits per heavy atom. The molecule has 0 fully saturated rings. The van der Waals surface area contributed by atoms with Gasteiger partial charge in [-0.15, -0.1) is 0 Å². The largest absolute Gasteiger partial charge is 0.398 e. The molecule has 1 aromatic heterocycles. The second-order valence-corrected chi connectivity index (χ2v) is 5.05. The fourth-order valence-electron chi connectivity index (χ4n) is 1.94. The van der Waals surface area contributed by atoms with Crippen LogP contribution in [-0.2, 0) is 5.41 Å². The second-order valence-electron chi connectivity index (χ2n) is 5.05. The van der Waals surface area contributed by atoms with E-state index >= 15 is 0 Å². The molecule has 0 aliphatic rings. The first-order valence-corrected chi connectivity index (χ1v) is 5.31. The van der Waals surface area contributed by atoms with Gasteiger partial charge in [-0.2, -0.15) is 0 Å². The molecule has 0 unspecified atom stereocenters. The van der Waals surface area contributed by atoms with E-state index in [1.165, 1.54) is 0 Å². The molecule has 1 heterocycles. The fourth-order valence-corrected chi connectivity index (χ4v) is 1.94.